The smallest absolute Gasteiger partial charge is 0.330 e. The van der Waals surface area contributed by atoms with Crippen LogP contribution in [-0.2, 0) is 9.53 Å². The van der Waals surface area contributed by atoms with Crippen molar-refractivity contribution in [2.75, 3.05) is 6.61 Å². The number of carbonyl (C=O) groups excluding carboxylic acids is 1. The van der Waals surface area contributed by atoms with Gasteiger partial charge >= 0.3 is 5.97 Å². The highest BCUT2D eigenvalue weighted by Gasteiger charge is 1.99. The van der Waals surface area contributed by atoms with Gasteiger partial charge in [-0.15, -0.1) is 0 Å². The second-order valence-corrected chi connectivity index (χ2v) is 18.0. The molecule has 0 aliphatic heterocycles. The van der Waals surface area contributed by atoms with Gasteiger partial charge in [0, 0.05) is 17.2 Å². The van der Waals surface area contributed by atoms with Gasteiger partial charge in [-0.1, -0.05) is 141 Å². The fourth-order valence-corrected chi connectivity index (χ4v) is 6.65. The summed E-state index contributed by atoms with van der Waals surface area (Å²) in [4.78, 5) is 11.1. The fourth-order valence-electron chi connectivity index (χ4n) is 3.06. The number of hydrogen-bond donors (Lipinski definition) is 0. The number of rotatable bonds is 19. The van der Waals surface area contributed by atoms with Crippen LogP contribution in [0.25, 0.3) is 0 Å². The summed E-state index contributed by atoms with van der Waals surface area (Å²) in [5.41, 5.74) is 0. The Morgan fingerprint density at radius 3 is 1.65 bits per heavy atom. The van der Waals surface area contributed by atoms with Crippen molar-refractivity contribution in [3.8, 4) is 0 Å². The van der Waals surface area contributed by atoms with Crippen LogP contribution in [0.3, 0.4) is 0 Å². The van der Waals surface area contributed by atoms with Crippen LogP contribution in [0, 0.1) is 0 Å². The lowest BCUT2D eigenvalue weighted by atomic mass is 10.0. The summed E-state index contributed by atoms with van der Waals surface area (Å²) in [6.07, 6.45) is 22.4. The van der Waals surface area contributed by atoms with Crippen LogP contribution in [0.1, 0.15) is 96.8 Å². The number of hydrogen-bond acceptors (Lipinski definition) is 2. The molecule has 0 N–H and O–H groups in total. The van der Waals surface area contributed by atoms with Gasteiger partial charge in [0.25, 0.3) is 0 Å². The number of halogens is 2. The molecular weight excluding hydrogens is 566 g/mol. The number of carbonyl (C=O) groups is 1. The van der Waals surface area contributed by atoms with E-state index in [4.69, 9.17) is 4.74 Å². The maximum atomic E-state index is 11.1. The lowest BCUT2D eigenvalue weighted by Crippen LogP contribution is -2.01. The quantitative estimate of drug-likeness (QED) is 0.0385. The van der Waals surface area contributed by atoms with Gasteiger partial charge in [0.2, 0.25) is 0 Å². The standard InChI is InChI=1S/C21H40I2O2Si/c1-2-17-20(24)25-18-15-13-11-9-7-5-3-4-6-8-10-12-14-16-19-26-21(22)23/h2,17,21H,3-16,18-19,26H2,1H3. The van der Waals surface area contributed by atoms with Crippen molar-refractivity contribution in [1.82, 2.24) is 0 Å². The van der Waals surface area contributed by atoms with Gasteiger partial charge in [-0.3, -0.25) is 0 Å². The Hall–Kier alpha value is 0.887. The minimum Gasteiger partial charge on any atom is -0.463 e. The van der Waals surface area contributed by atoms with E-state index < -0.39 is 0 Å². The highest BCUT2D eigenvalue weighted by molar-refractivity contribution is 14.2. The predicted octanol–water partition coefficient (Wildman–Crippen LogP) is 7.31. The van der Waals surface area contributed by atoms with Crippen LogP contribution < -0.4 is 0 Å². The molecule has 0 saturated carbocycles. The van der Waals surface area contributed by atoms with Crippen LogP contribution in [0.5, 0.6) is 0 Å². The minimum atomic E-state index is -0.209. The summed E-state index contributed by atoms with van der Waals surface area (Å²) in [5.74, 6) is -0.209. The van der Waals surface area contributed by atoms with Crippen LogP contribution in [0.15, 0.2) is 12.2 Å². The van der Waals surface area contributed by atoms with E-state index >= 15 is 0 Å². The van der Waals surface area contributed by atoms with E-state index in [1.165, 1.54) is 89.5 Å². The monoisotopic (exact) mass is 606 g/mol. The highest BCUT2D eigenvalue weighted by Crippen LogP contribution is 2.15. The van der Waals surface area contributed by atoms with Gasteiger partial charge in [-0.05, 0) is 13.3 Å². The van der Waals surface area contributed by atoms with Crippen LogP contribution in [0.2, 0.25) is 6.04 Å². The van der Waals surface area contributed by atoms with Gasteiger partial charge in [-0.2, -0.15) is 0 Å². The largest absolute Gasteiger partial charge is 0.463 e. The van der Waals surface area contributed by atoms with Crippen molar-refractivity contribution in [3.05, 3.63) is 12.2 Å². The topological polar surface area (TPSA) is 26.3 Å². The van der Waals surface area contributed by atoms with E-state index in [-0.39, 0.29) is 15.5 Å². The molecule has 0 aliphatic carbocycles. The molecule has 5 heteroatoms. The lowest BCUT2D eigenvalue weighted by molar-refractivity contribution is -0.137. The van der Waals surface area contributed by atoms with Gasteiger partial charge < -0.3 is 4.74 Å². The number of allylic oxidation sites excluding steroid dienone is 1. The third-order valence-corrected chi connectivity index (χ3v) is 9.70. The lowest BCUT2D eigenvalue weighted by Gasteiger charge is -2.04. The molecule has 154 valence electrons. The molecule has 0 amide bonds. The Morgan fingerprint density at radius 1 is 0.808 bits per heavy atom. The van der Waals surface area contributed by atoms with Gasteiger partial charge in [-0.25, -0.2) is 4.79 Å². The molecule has 2 nitrogen and oxygen atoms in total. The minimum absolute atomic E-state index is 0.209. The first-order valence-corrected chi connectivity index (χ1v) is 15.0. The van der Waals surface area contributed by atoms with Crippen LogP contribution in [-0.4, -0.2) is 23.7 Å². The van der Waals surface area contributed by atoms with E-state index in [9.17, 15) is 4.79 Å². The Labute approximate surface area is 192 Å². The maximum absolute atomic E-state index is 11.1. The van der Waals surface area contributed by atoms with Crippen LogP contribution in [0.4, 0.5) is 0 Å². The van der Waals surface area contributed by atoms with Gasteiger partial charge in [0.15, 0.2) is 0 Å². The van der Waals surface area contributed by atoms with Crippen molar-refractivity contribution >= 4 is 60.7 Å². The van der Waals surface area contributed by atoms with Gasteiger partial charge in [0.05, 0.1) is 6.61 Å². The van der Waals surface area contributed by atoms with E-state index in [0.717, 1.165) is 7.98 Å². The Balaban J connectivity index is 3.06. The number of alkyl halides is 2. The summed E-state index contributed by atoms with van der Waals surface area (Å²) < 4.78 is 6.04. The molecule has 0 fully saturated rings. The van der Waals surface area contributed by atoms with E-state index in [1.807, 2.05) is 6.92 Å². The Bertz CT molecular complexity index is 336. The first-order valence-electron chi connectivity index (χ1n) is 10.7. The zero-order valence-electron chi connectivity index (χ0n) is 16.8. The summed E-state index contributed by atoms with van der Waals surface area (Å²) in [6, 6.07) is 1.55. The summed E-state index contributed by atoms with van der Waals surface area (Å²) >= 11 is 5.16. The molecule has 0 aromatic heterocycles. The normalized spacial score (nSPS) is 12.0. The summed E-state index contributed by atoms with van der Waals surface area (Å²) in [5, 5.41) is 0. The van der Waals surface area contributed by atoms with E-state index in [2.05, 4.69) is 45.2 Å². The van der Waals surface area contributed by atoms with Crippen molar-refractivity contribution in [3.63, 3.8) is 0 Å². The number of unbranched alkanes of at least 4 members (excludes halogenated alkanes) is 13. The second-order valence-electron chi connectivity index (χ2n) is 7.15. The van der Waals surface area contributed by atoms with E-state index in [1.54, 1.807) is 12.1 Å². The van der Waals surface area contributed by atoms with Crippen molar-refractivity contribution in [2.24, 2.45) is 0 Å². The predicted molar refractivity (Wildman–Crippen MR) is 136 cm³/mol. The average Bonchev–Trinajstić information content (AvgIpc) is 2.60. The molecule has 0 saturated heterocycles. The molecule has 26 heavy (non-hydrogen) atoms. The Morgan fingerprint density at radius 2 is 1.23 bits per heavy atom. The Kier molecular flexibility index (Phi) is 22.9. The maximum Gasteiger partial charge on any atom is 0.330 e. The third-order valence-electron chi connectivity index (χ3n) is 4.61. The molecule has 0 unspecified atom stereocenters. The fraction of sp³-hybridized carbons (Fsp3) is 0.857. The zero-order valence-corrected chi connectivity index (χ0v) is 22.6. The summed E-state index contributed by atoms with van der Waals surface area (Å²) in [7, 11) is 0.227. The molecule has 0 radical (unpaired) electrons. The molecule has 0 bridgehead atoms. The average molecular weight is 606 g/mol. The molecule has 0 aliphatic rings. The second kappa shape index (κ2) is 22.2. The van der Waals surface area contributed by atoms with E-state index in [0.29, 0.717) is 6.61 Å². The molecule has 0 spiro atoms. The molecule has 0 rings (SSSR count). The molecule has 0 aromatic rings. The molecule has 0 atom stereocenters. The first kappa shape index (κ1) is 26.9. The van der Waals surface area contributed by atoms with Crippen LogP contribution >= 0.6 is 45.2 Å². The van der Waals surface area contributed by atoms with Gasteiger partial charge in [0.1, 0.15) is 0 Å². The van der Waals surface area contributed by atoms with Crippen molar-refractivity contribution in [1.29, 1.82) is 0 Å². The molecule has 0 heterocycles. The SMILES string of the molecule is CC=CC(=O)OCCCCCCCCCCCCCCCC[SiH2]C(I)I. The highest BCUT2D eigenvalue weighted by atomic mass is 127. The molecule has 0 aromatic carbocycles. The number of esters is 1. The summed E-state index contributed by atoms with van der Waals surface area (Å²) in [6.45, 7) is 2.40. The molecular formula is C21H40I2O2Si. The van der Waals surface area contributed by atoms with Crippen molar-refractivity contribution in [2.45, 2.75) is 104 Å². The zero-order chi connectivity index (χ0) is 19.3. The van der Waals surface area contributed by atoms with Crippen molar-refractivity contribution < 1.29 is 9.53 Å². The first-order chi connectivity index (χ1) is 12.7. The number of ether oxygens (including phenoxy) is 1. The third kappa shape index (κ3) is 22.9.